The maximum Gasteiger partial charge on any atom is 0.358 e. The van der Waals surface area contributed by atoms with Gasteiger partial charge < -0.3 is 5.02 Å². The Balaban J connectivity index is 2.24. The zero-order chi connectivity index (χ0) is 11.4. The van der Waals surface area contributed by atoms with E-state index in [0.717, 1.165) is 17.3 Å². The van der Waals surface area contributed by atoms with Gasteiger partial charge in [0.15, 0.2) is 0 Å². The molecule has 0 amide bonds. The molecule has 16 heavy (non-hydrogen) atoms. The summed E-state index contributed by atoms with van der Waals surface area (Å²) in [4.78, 5) is 0. The van der Waals surface area contributed by atoms with E-state index < -0.39 is 6.92 Å². The Morgan fingerprint density at radius 2 is 1.44 bits per heavy atom. The fraction of sp³-hybridized carbons (Fsp3) is 0.143. The quantitative estimate of drug-likeness (QED) is 0.758. The smallest absolute Gasteiger partial charge is 0.358 e. The summed E-state index contributed by atoms with van der Waals surface area (Å²) in [7, 11) is 0. The summed E-state index contributed by atoms with van der Waals surface area (Å²) in [5.74, 6) is 0. The van der Waals surface area contributed by atoms with Gasteiger partial charge in [0.25, 0.3) is 0 Å². The van der Waals surface area contributed by atoms with Crippen molar-refractivity contribution in [2.45, 2.75) is 13.3 Å². The van der Waals surface area contributed by atoms with Crippen LogP contribution >= 0.6 is 0 Å². The van der Waals surface area contributed by atoms with Crippen molar-refractivity contribution in [2.24, 2.45) is 0 Å². The average Bonchev–Trinajstić information content (AvgIpc) is 2.39. The van der Waals surface area contributed by atoms with Gasteiger partial charge in [0, 0.05) is 0 Å². The van der Waals surface area contributed by atoms with Crippen LogP contribution in [-0.2, 0) is 6.42 Å². The number of hydrogen-bond donors (Lipinski definition) is 1. The molecule has 0 aromatic heterocycles. The van der Waals surface area contributed by atoms with E-state index in [1.54, 1.807) is 0 Å². The minimum atomic E-state index is -0.521. The number of hydrogen-bond acceptors (Lipinski definition) is 1. The van der Waals surface area contributed by atoms with Crippen LogP contribution in [0.4, 0.5) is 0 Å². The highest BCUT2D eigenvalue weighted by atomic mass is 16.2. The van der Waals surface area contributed by atoms with Crippen LogP contribution in [0.25, 0.3) is 0 Å². The number of benzene rings is 2. The monoisotopic (exact) mass is 210 g/mol. The molecule has 2 aromatic carbocycles. The molecule has 0 bridgehead atoms. The zero-order valence-corrected chi connectivity index (χ0v) is 9.43. The number of aryl methyl sites for hydroxylation is 1. The van der Waals surface area contributed by atoms with Gasteiger partial charge in [0.1, 0.15) is 0 Å². The Morgan fingerprint density at radius 1 is 0.875 bits per heavy atom. The van der Waals surface area contributed by atoms with Gasteiger partial charge in [0.2, 0.25) is 0 Å². The Morgan fingerprint density at radius 3 is 2.00 bits per heavy atom. The molecule has 2 heteroatoms. The summed E-state index contributed by atoms with van der Waals surface area (Å²) in [6, 6.07) is 17.9. The maximum absolute atomic E-state index is 10.2. The normalized spacial score (nSPS) is 10.1. The third-order valence-electron chi connectivity index (χ3n) is 2.82. The highest BCUT2D eigenvalue weighted by molar-refractivity contribution is 6.78. The van der Waals surface area contributed by atoms with Crippen molar-refractivity contribution in [1.82, 2.24) is 0 Å². The van der Waals surface area contributed by atoms with Crippen molar-refractivity contribution in [2.75, 3.05) is 0 Å². The van der Waals surface area contributed by atoms with E-state index in [9.17, 15) is 5.02 Å². The molecule has 2 aromatic rings. The lowest BCUT2D eigenvalue weighted by atomic mass is 9.56. The lowest BCUT2D eigenvalue weighted by Crippen LogP contribution is -2.42. The van der Waals surface area contributed by atoms with E-state index in [-0.39, 0.29) is 0 Å². The van der Waals surface area contributed by atoms with Crippen LogP contribution in [0.2, 0.25) is 0 Å². The Kier molecular flexibility index (Phi) is 3.42. The molecule has 0 aliphatic carbocycles. The fourth-order valence-electron chi connectivity index (χ4n) is 1.76. The molecule has 0 atom stereocenters. The predicted molar refractivity (Wildman–Crippen MR) is 69.5 cm³/mol. The summed E-state index contributed by atoms with van der Waals surface area (Å²) in [5.41, 5.74) is 3.18. The first-order chi connectivity index (χ1) is 7.81. The van der Waals surface area contributed by atoms with Crippen molar-refractivity contribution < 1.29 is 5.02 Å². The van der Waals surface area contributed by atoms with Crippen molar-refractivity contribution >= 4 is 17.8 Å². The maximum atomic E-state index is 10.2. The molecule has 1 nitrogen and oxygen atoms in total. The third kappa shape index (κ3) is 2.34. The van der Waals surface area contributed by atoms with Gasteiger partial charge in [-0.1, -0.05) is 61.5 Å². The molecule has 0 radical (unpaired) electrons. The molecule has 0 unspecified atom stereocenters. The molecular weight excluding hydrogens is 195 g/mol. The molecule has 0 saturated carbocycles. The van der Waals surface area contributed by atoms with Gasteiger partial charge in [-0.2, -0.15) is 0 Å². The molecule has 0 saturated heterocycles. The van der Waals surface area contributed by atoms with Crippen LogP contribution in [0.5, 0.6) is 0 Å². The van der Waals surface area contributed by atoms with Gasteiger partial charge in [-0.05, 0) is 22.9 Å². The third-order valence-corrected chi connectivity index (χ3v) is 2.82. The zero-order valence-electron chi connectivity index (χ0n) is 9.43. The molecule has 0 fully saturated rings. The lowest BCUT2D eigenvalue weighted by Gasteiger charge is -2.07. The van der Waals surface area contributed by atoms with Crippen molar-refractivity contribution in [1.29, 1.82) is 0 Å². The van der Waals surface area contributed by atoms with Gasteiger partial charge in [-0.3, -0.25) is 0 Å². The van der Waals surface area contributed by atoms with Crippen molar-refractivity contribution in [3.63, 3.8) is 0 Å². The molecule has 0 spiro atoms. The minimum Gasteiger partial charge on any atom is -0.443 e. The van der Waals surface area contributed by atoms with Gasteiger partial charge in [0.05, 0.1) is 0 Å². The Labute approximate surface area is 96.9 Å². The van der Waals surface area contributed by atoms with Crippen LogP contribution in [0.3, 0.4) is 0 Å². The largest absolute Gasteiger partial charge is 0.443 e. The van der Waals surface area contributed by atoms with Gasteiger partial charge >= 0.3 is 6.92 Å². The van der Waals surface area contributed by atoms with E-state index in [1.807, 2.05) is 42.5 Å². The molecule has 0 heterocycles. The van der Waals surface area contributed by atoms with Crippen molar-refractivity contribution in [3.8, 4) is 0 Å². The first-order valence-corrected chi connectivity index (χ1v) is 5.63. The first-order valence-electron chi connectivity index (χ1n) is 5.63. The first kappa shape index (κ1) is 11.0. The summed E-state index contributed by atoms with van der Waals surface area (Å²) >= 11 is 0. The standard InChI is InChI=1S/C14H15BO/c1-2-12-8-10-14(11-9-12)15(16)13-6-4-3-5-7-13/h3-11,16H,2H2,1H3. The van der Waals surface area contributed by atoms with Gasteiger partial charge in [-0.25, -0.2) is 0 Å². The molecule has 0 aliphatic rings. The molecular formula is C14H15BO. The molecule has 2 rings (SSSR count). The molecule has 0 aliphatic heterocycles. The van der Waals surface area contributed by atoms with E-state index >= 15 is 0 Å². The topological polar surface area (TPSA) is 20.2 Å². The summed E-state index contributed by atoms with van der Waals surface area (Å²) in [5, 5.41) is 10.2. The van der Waals surface area contributed by atoms with Crippen LogP contribution in [0, 0.1) is 0 Å². The minimum absolute atomic E-state index is 0.521. The highest BCUT2D eigenvalue weighted by Crippen LogP contribution is 1.98. The van der Waals surface area contributed by atoms with Crippen LogP contribution in [0.1, 0.15) is 12.5 Å². The molecule has 80 valence electrons. The SMILES string of the molecule is CCc1ccc(B(O)c2ccccc2)cc1. The number of rotatable bonds is 3. The fourth-order valence-corrected chi connectivity index (χ4v) is 1.76. The van der Waals surface area contributed by atoms with Crippen molar-refractivity contribution in [3.05, 3.63) is 60.2 Å². The van der Waals surface area contributed by atoms with Crippen LogP contribution in [0.15, 0.2) is 54.6 Å². The molecule has 1 N–H and O–H groups in total. The van der Waals surface area contributed by atoms with E-state index in [1.165, 1.54) is 5.56 Å². The van der Waals surface area contributed by atoms with Crippen LogP contribution in [-0.4, -0.2) is 11.9 Å². The van der Waals surface area contributed by atoms with E-state index in [0.29, 0.717) is 0 Å². The second-order valence-corrected chi connectivity index (χ2v) is 3.91. The van der Waals surface area contributed by atoms with E-state index in [4.69, 9.17) is 0 Å². The van der Waals surface area contributed by atoms with Crippen LogP contribution < -0.4 is 10.9 Å². The second kappa shape index (κ2) is 5.00. The van der Waals surface area contributed by atoms with Gasteiger partial charge in [-0.15, -0.1) is 0 Å². The lowest BCUT2D eigenvalue weighted by molar-refractivity contribution is 0.600. The average molecular weight is 210 g/mol. The predicted octanol–water partition coefficient (Wildman–Crippen LogP) is 1.35. The summed E-state index contributed by atoms with van der Waals surface area (Å²) in [6.45, 7) is 1.61. The Bertz CT molecular complexity index is 436. The Hall–Kier alpha value is -1.54. The van der Waals surface area contributed by atoms with E-state index in [2.05, 4.69) is 19.1 Å². The second-order valence-electron chi connectivity index (χ2n) is 3.91. The summed E-state index contributed by atoms with van der Waals surface area (Å²) < 4.78 is 0. The summed E-state index contributed by atoms with van der Waals surface area (Å²) in [6.07, 6.45) is 1.03. The highest BCUT2D eigenvalue weighted by Gasteiger charge is 2.15.